The highest BCUT2D eigenvalue weighted by atomic mass is 16.5. The van der Waals surface area contributed by atoms with E-state index in [-0.39, 0.29) is 30.1 Å². The van der Waals surface area contributed by atoms with E-state index >= 15 is 0 Å². The number of ether oxygens (including phenoxy) is 1. The minimum atomic E-state index is -1.21. The van der Waals surface area contributed by atoms with E-state index in [2.05, 4.69) is 0 Å². The fraction of sp³-hybridized carbons (Fsp3) is 0.357. The average Bonchev–Trinajstić information content (AvgIpc) is 2.42. The summed E-state index contributed by atoms with van der Waals surface area (Å²) in [5.74, 6) is -3.21. The van der Waals surface area contributed by atoms with E-state index in [1.54, 1.807) is 6.92 Å². The second-order valence-electron chi connectivity index (χ2n) is 4.32. The maximum atomic E-state index is 11.8. The van der Waals surface area contributed by atoms with Crippen LogP contribution in [0.3, 0.4) is 0 Å². The largest absolute Gasteiger partial charge is 0.481 e. The quantitative estimate of drug-likeness (QED) is 0.741. The number of rotatable bonds is 7. The SMILES string of the molecule is CCC(COC(=O)c1ccccc1C(=O)O)CC(=O)O. The first-order valence-corrected chi connectivity index (χ1v) is 6.17. The third-order valence-corrected chi connectivity index (χ3v) is 2.87. The molecule has 0 aliphatic carbocycles. The Hall–Kier alpha value is -2.37. The molecule has 1 unspecified atom stereocenters. The molecule has 0 amide bonds. The first-order valence-electron chi connectivity index (χ1n) is 6.17. The van der Waals surface area contributed by atoms with Crippen LogP contribution in [0.4, 0.5) is 0 Å². The number of carbonyl (C=O) groups is 3. The van der Waals surface area contributed by atoms with Gasteiger partial charge < -0.3 is 14.9 Å². The number of hydrogen-bond donors (Lipinski definition) is 2. The molecule has 108 valence electrons. The number of hydrogen-bond acceptors (Lipinski definition) is 4. The van der Waals surface area contributed by atoms with Gasteiger partial charge in [-0.15, -0.1) is 0 Å². The van der Waals surface area contributed by atoms with Crippen LogP contribution in [0.2, 0.25) is 0 Å². The normalized spacial score (nSPS) is 11.7. The van der Waals surface area contributed by atoms with Gasteiger partial charge in [-0.05, 0) is 18.6 Å². The number of carboxylic acids is 2. The van der Waals surface area contributed by atoms with Gasteiger partial charge in [0.2, 0.25) is 0 Å². The van der Waals surface area contributed by atoms with Gasteiger partial charge in [0.05, 0.1) is 24.2 Å². The number of aliphatic carboxylic acids is 1. The summed E-state index contributed by atoms with van der Waals surface area (Å²) in [5.41, 5.74) is -0.172. The number of benzene rings is 1. The maximum Gasteiger partial charge on any atom is 0.339 e. The number of esters is 1. The van der Waals surface area contributed by atoms with E-state index in [0.29, 0.717) is 6.42 Å². The van der Waals surface area contributed by atoms with Crippen molar-refractivity contribution in [3.8, 4) is 0 Å². The van der Waals surface area contributed by atoms with Gasteiger partial charge in [-0.1, -0.05) is 19.1 Å². The van der Waals surface area contributed by atoms with Crippen LogP contribution in [0.1, 0.15) is 40.5 Å². The second-order valence-corrected chi connectivity index (χ2v) is 4.32. The van der Waals surface area contributed by atoms with Crippen molar-refractivity contribution in [1.82, 2.24) is 0 Å². The zero-order chi connectivity index (χ0) is 15.1. The van der Waals surface area contributed by atoms with E-state index in [0.717, 1.165) is 0 Å². The highest BCUT2D eigenvalue weighted by molar-refractivity contribution is 6.02. The molecule has 0 heterocycles. The molecular formula is C14H16O6. The van der Waals surface area contributed by atoms with Crippen LogP contribution in [0.5, 0.6) is 0 Å². The van der Waals surface area contributed by atoms with Crippen LogP contribution in [0.15, 0.2) is 24.3 Å². The molecule has 0 saturated carbocycles. The Morgan fingerprint density at radius 2 is 1.75 bits per heavy atom. The summed E-state index contributed by atoms with van der Waals surface area (Å²) in [7, 11) is 0. The van der Waals surface area contributed by atoms with Crippen molar-refractivity contribution in [2.45, 2.75) is 19.8 Å². The fourth-order valence-electron chi connectivity index (χ4n) is 1.69. The molecule has 20 heavy (non-hydrogen) atoms. The lowest BCUT2D eigenvalue weighted by molar-refractivity contribution is -0.138. The van der Waals surface area contributed by atoms with Gasteiger partial charge >= 0.3 is 17.9 Å². The van der Waals surface area contributed by atoms with Gasteiger partial charge in [0.25, 0.3) is 0 Å². The molecule has 0 saturated heterocycles. The van der Waals surface area contributed by atoms with Crippen molar-refractivity contribution in [3.05, 3.63) is 35.4 Å². The first-order chi connectivity index (χ1) is 9.45. The van der Waals surface area contributed by atoms with Gasteiger partial charge in [0, 0.05) is 5.92 Å². The number of carbonyl (C=O) groups excluding carboxylic acids is 1. The molecule has 2 N–H and O–H groups in total. The lowest BCUT2D eigenvalue weighted by Crippen LogP contribution is -2.18. The Labute approximate surface area is 116 Å². The number of aromatic carboxylic acids is 1. The Balaban J connectivity index is 2.72. The average molecular weight is 280 g/mol. The van der Waals surface area contributed by atoms with Gasteiger partial charge in [-0.3, -0.25) is 4.79 Å². The highest BCUT2D eigenvalue weighted by Crippen LogP contribution is 2.13. The predicted octanol–water partition coefficient (Wildman–Crippen LogP) is 2.04. The van der Waals surface area contributed by atoms with Crippen molar-refractivity contribution in [2.75, 3.05) is 6.61 Å². The third-order valence-electron chi connectivity index (χ3n) is 2.87. The minimum Gasteiger partial charge on any atom is -0.481 e. The smallest absolute Gasteiger partial charge is 0.339 e. The Kier molecular flexibility index (Phi) is 5.71. The molecule has 0 bridgehead atoms. The van der Waals surface area contributed by atoms with Crippen LogP contribution in [-0.2, 0) is 9.53 Å². The molecule has 6 heteroatoms. The first kappa shape index (κ1) is 15.7. The Bertz CT molecular complexity index is 508. The molecule has 0 aliphatic rings. The lowest BCUT2D eigenvalue weighted by Gasteiger charge is -2.13. The monoisotopic (exact) mass is 280 g/mol. The fourth-order valence-corrected chi connectivity index (χ4v) is 1.69. The van der Waals surface area contributed by atoms with Crippen molar-refractivity contribution in [2.24, 2.45) is 5.92 Å². The van der Waals surface area contributed by atoms with E-state index in [9.17, 15) is 14.4 Å². The molecule has 1 aromatic carbocycles. The van der Waals surface area contributed by atoms with Crippen LogP contribution in [0, 0.1) is 5.92 Å². The lowest BCUT2D eigenvalue weighted by atomic mass is 10.0. The van der Waals surface area contributed by atoms with Gasteiger partial charge in [0.15, 0.2) is 0 Å². The summed E-state index contributed by atoms with van der Waals surface area (Å²) in [5, 5.41) is 17.7. The summed E-state index contributed by atoms with van der Waals surface area (Å²) < 4.78 is 5.01. The summed E-state index contributed by atoms with van der Waals surface area (Å²) in [6.07, 6.45) is 0.463. The zero-order valence-corrected chi connectivity index (χ0v) is 11.0. The topological polar surface area (TPSA) is 101 Å². The van der Waals surface area contributed by atoms with Gasteiger partial charge in [0.1, 0.15) is 0 Å². The zero-order valence-electron chi connectivity index (χ0n) is 11.0. The van der Waals surface area contributed by atoms with Gasteiger partial charge in [-0.2, -0.15) is 0 Å². The van der Waals surface area contributed by atoms with E-state index in [1.807, 2.05) is 0 Å². The summed E-state index contributed by atoms with van der Waals surface area (Å²) in [4.78, 5) is 33.4. The summed E-state index contributed by atoms with van der Waals surface area (Å²) in [6.45, 7) is 1.75. The van der Waals surface area contributed by atoms with E-state index < -0.39 is 17.9 Å². The molecule has 0 aliphatic heterocycles. The maximum absolute atomic E-state index is 11.8. The standard InChI is InChI=1S/C14H16O6/c1-2-9(7-12(15)16)8-20-14(19)11-6-4-3-5-10(11)13(17)18/h3-6,9H,2,7-8H2,1H3,(H,15,16)(H,17,18). The molecular weight excluding hydrogens is 264 g/mol. The second kappa shape index (κ2) is 7.28. The molecule has 6 nitrogen and oxygen atoms in total. The van der Waals surface area contributed by atoms with Crippen molar-refractivity contribution in [1.29, 1.82) is 0 Å². The molecule has 0 spiro atoms. The Morgan fingerprint density at radius 3 is 2.25 bits per heavy atom. The highest BCUT2D eigenvalue weighted by Gasteiger charge is 2.19. The molecule has 0 radical (unpaired) electrons. The van der Waals surface area contributed by atoms with Crippen LogP contribution in [-0.4, -0.2) is 34.7 Å². The predicted molar refractivity (Wildman–Crippen MR) is 69.7 cm³/mol. The molecule has 1 atom stereocenters. The van der Waals surface area contributed by atoms with E-state index in [4.69, 9.17) is 14.9 Å². The molecule has 1 aromatic rings. The molecule has 1 rings (SSSR count). The number of carboxylic acid groups (broad SMARTS) is 2. The Morgan fingerprint density at radius 1 is 1.15 bits per heavy atom. The molecule has 0 fully saturated rings. The minimum absolute atomic E-state index is 0.0369. The van der Waals surface area contributed by atoms with Gasteiger partial charge in [-0.25, -0.2) is 9.59 Å². The van der Waals surface area contributed by atoms with Crippen LogP contribution >= 0.6 is 0 Å². The molecule has 0 aromatic heterocycles. The third kappa shape index (κ3) is 4.38. The van der Waals surface area contributed by atoms with Crippen molar-refractivity contribution < 1.29 is 29.3 Å². The van der Waals surface area contributed by atoms with Crippen molar-refractivity contribution >= 4 is 17.9 Å². The van der Waals surface area contributed by atoms with Crippen LogP contribution in [0.25, 0.3) is 0 Å². The van der Waals surface area contributed by atoms with Crippen LogP contribution < -0.4 is 0 Å². The van der Waals surface area contributed by atoms with Crippen molar-refractivity contribution in [3.63, 3.8) is 0 Å². The van der Waals surface area contributed by atoms with E-state index in [1.165, 1.54) is 24.3 Å². The summed E-state index contributed by atoms with van der Waals surface area (Å²) in [6, 6.07) is 5.73. The summed E-state index contributed by atoms with van der Waals surface area (Å²) >= 11 is 0.